The molecule has 0 saturated heterocycles. The SMILES string of the molecule is NC=CCSSCC=CN. The van der Waals surface area contributed by atoms with E-state index in [0.717, 1.165) is 11.5 Å². The first-order valence-corrected chi connectivity index (χ1v) is 5.38. The smallest absolute Gasteiger partial charge is 0.0234 e. The van der Waals surface area contributed by atoms with Gasteiger partial charge < -0.3 is 11.5 Å². The minimum atomic E-state index is 0.958. The van der Waals surface area contributed by atoms with Crippen LogP contribution in [0.3, 0.4) is 0 Å². The molecule has 58 valence electrons. The maximum Gasteiger partial charge on any atom is 0.0234 e. The third-order valence-corrected chi connectivity index (χ3v) is 2.82. The van der Waals surface area contributed by atoms with Crippen molar-refractivity contribution in [2.75, 3.05) is 11.5 Å². The summed E-state index contributed by atoms with van der Waals surface area (Å²) in [4.78, 5) is 0. The van der Waals surface area contributed by atoms with E-state index in [4.69, 9.17) is 11.5 Å². The zero-order valence-corrected chi connectivity index (χ0v) is 7.33. The van der Waals surface area contributed by atoms with Crippen LogP contribution in [0.25, 0.3) is 0 Å². The lowest BCUT2D eigenvalue weighted by atomic mass is 10.7. The monoisotopic (exact) mass is 176 g/mol. The largest absolute Gasteiger partial charge is 0.405 e. The fourth-order valence-electron chi connectivity index (χ4n) is 0.286. The van der Waals surface area contributed by atoms with Crippen molar-refractivity contribution < 1.29 is 0 Å². The fourth-order valence-corrected chi connectivity index (χ4v) is 1.91. The maximum atomic E-state index is 5.13. The molecule has 0 rings (SSSR count). The molecule has 4 heteroatoms. The van der Waals surface area contributed by atoms with Crippen LogP contribution in [-0.4, -0.2) is 11.5 Å². The highest BCUT2D eigenvalue weighted by Gasteiger charge is 1.81. The van der Waals surface area contributed by atoms with E-state index in [2.05, 4.69) is 0 Å². The van der Waals surface area contributed by atoms with Crippen LogP contribution in [0.15, 0.2) is 24.6 Å². The van der Waals surface area contributed by atoms with E-state index in [0.29, 0.717) is 0 Å². The van der Waals surface area contributed by atoms with Crippen molar-refractivity contribution in [2.45, 2.75) is 0 Å². The summed E-state index contributed by atoms with van der Waals surface area (Å²) < 4.78 is 0. The highest BCUT2D eigenvalue weighted by molar-refractivity contribution is 8.76. The first kappa shape index (κ1) is 9.78. The van der Waals surface area contributed by atoms with Gasteiger partial charge in [0.2, 0.25) is 0 Å². The van der Waals surface area contributed by atoms with Gasteiger partial charge in [-0.3, -0.25) is 0 Å². The summed E-state index contributed by atoms with van der Waals surface area (Å²) in [5, 5.41) is 0. The molecule has 0 aliphatic rings. The van der Waals surface area contributed by atoms with Gasteiger partial charge in [-0.1, -0.05) is 33.7 Å². The van der Waals surface area contributed by atoms with Gasteiger partial charge in [0, 0.05) is 11.5 Å². The molecule has 0 amide bonds. The number of hydrogen-bond donors (Lipinski definition) is 2. The lowest BCUT2D eigenvalue weighted by Crippen LogP contribution is -1.78. The molecule has 2 nitrogen and oxygen atoms in total. The predicted molar refractivity (Wildman–Crippen MR) is 51.6 cm³/mol. The lowest BCUT2D eigenvalue weighted by Gasteiger charge is -1.90. The van der Waals surface area contributed by atoms with Crippen molar-refractivity contribution >= 4 is 21.6 Å². The van der Waals surface area contributed by atoms with Crippen molar-refractivity contribution in [2.24, 2.45) is 11.5 Å². The third-order valence-electron chi connectivity index (χ3n) is 0.684. The van der Waals surface area contributed by atoms with Crippen LogP contribution in [0.5, 0.6) is 0 Å². The summed E-state index contributed by atoms with van der Waals surface area (Å²) in [5.41, 5.74) is 10.3. The van der Waals surface area contributed by atoms with Crippen molar-refractivity contribution in [1.82, 2.24) is 0 Å². The van der Waals surface area contributed by atoms with Crippen molar-refractivity contribution in [3.63, 3.8) is 0 Å². The van der Waals surface area contributed by atoms with Gasteiger partial charge in [0.15, 0.2) is 0 Å². The molecule has 0 bridgehead atoms. The van der Waals surface area contributed by atoms with E-state index in [1.54, 1.807) is 34.0 Å². The predicted octanol–water partition coefficient (Wildman–Crippen LogP) is 1.31. The summed E-state index contributed by atoms with van der Waals surface area (Å²) >= 11 is 0. The second-order valence-electron chi connectivity index (χ2n) is 1.43. The first-order valence-electron chi connectivity index (χ1n) is 2.89. The molecule has 0 radical (unpaired) electrons. The molecule has 0 aliphatic heterocycles. The number of hydrogen-bond acceptors (Lipinski definition) is 4. The average Bonchev–Trinajstić information content (AvgIpc) is 1.97. The first-order chi connectivity index (χ1) is 4.91. The van der Waals surface area contributed by atoms with Crippen LogP contribution < -0.4 is 11.5 Å². The molecular weight excluding hydrogens is 164 g/mol. The standard InChI is InChI=1S/C6H12N2S2/c7-3-1-5-9-10-6-2-4-8/h1-4H,5-8H2. The Morgan fingerprint density at radius 1 is 0.900 bits per heavy atom. The molecule has 0 spiro atoms. The van der Waals surface area contributed by atoms with Crippen LogP contribution in [0.2, 0.25) is 0 Å². The van der Waals surface area contributed by atoms with Crippen LogP contribution in [0.1, 0.15) is 0 Å². The second kappa shape index (κ2) is 8.78. The van der Waals surface area contributed by atoms with Crippen molar-refractivity contribution in [3.05, 3.63) is 24.6 Å². The van der Waals surface area contributed by atoms with E-state index in [-0.39, 0.29) is 0 Å². The molecule has 4 N–H and O–H groups in total. The summed E-state index contributed by atoms with van der Waals surface area (Å²) in [7, 11) is 3.52. The van der Waals surface area contributed by atoms with Crippen molar-refractivity contribution in [3.8, 4) is 0 Å². The van der Waals surface area contributed by atoms with Gasteiger partial charge in [0.1, 0.15) is 0 Å². The Balaban J connectivity index is 2.90. The molecule has 0 aromatic heterocycles. The average molecular weight is 176 g/mol. The third kappa shape index (κ3) is 7.78. The van der Waals surface area contributed by atoms with E-state index in [9.17, 15) is 0 Å². The van der Waals surface area contributed by atoms with E-state index in [1.165, 1.54) is 0 Å². The van der Waals surface area contributed by atoms with E-state index in [1.807, 2.05) is 12.2 Å². The normalized spacial score (nSPS) is 11.6. The van der Waals surface area contributed by atoms with Gasteiger partial charge in [0.25, 0.3) is 0 Å². The van der Waals surface area contributed by atoms with Crippen LogP contribution in [0, 0.1) is 0 Å². The zero-order chi connectivity index (χ0) is 7.66. The Bertz CT molecular complexity index is 98.3. The molecule has 0 saturated carbocycles. The van der Waals surface area contributed by atoms with Gasteiger partial charge in [0.05, 0.1) is 0 Å². The van der Waals surface area contributed by atoms with Gasteiger partial charge in [-0.15, -0.1) is 0 Å². The van der Waals surface area contributed by atoms with Gasteiger partial charge in [-0.2, -0.15) is 0 Å². The van der Waals surface area contributed by atoms with Gasteiger partial charge in [-0.25, -0.2) is 0 Å². The maximum absolute atomic E-state index is 5.13. The Morgan fingerprint density at radius 3 is 1.60 bits per heavy atom. The van der Waals surface area contributed by atoms with Crippen LogP contribution >= 0.6 is 21.6 Å². The summed E-state index contributed by atoms with van der Waals surface area (Å²) in [5.74, 6) is 1.92. The van der Waals surface area contributed by atoms with Gasteiger partial charge >= 0.3 is 0 Å². The summed E-state index contributed by atoms with van der Waals surface area (Å²) in [6.45, 7) is 0. The lowest BCUT2D eigenvalue weighted by molar-refractivity contribution is 1.56. The molecule has 0 atom stereocenters. The highest BCUT2D eigenvalue weighted by Crippen LogP contribution is 2.20. The topological polar surface area (TPSA) is 52.0 Å². The molecule has 0 aromatic rings. The Hall–Kier alpha value is -0.220. The van der Waals surface area contributed by atoms with Crippen molar-refractivity contribution in [1.29, 1.82) is 0 Å². The molecule has 0 aliphatic carbocycles. The minimum Gasteiger partial charge on any atom is -0.405 e. The van der Waals surface area contributed by atoms with E-state index >= 15 is 0 Å². The molecule has 0 fully saturated rings. The molecular formula is C6H12N2S2. The molecule has 0 heterocycles. The number of nitrogens with two attached hydrogens (primary N) is 2. The Morgan fingerprint density at radius 2 is 1.30 bits per heavy atom. The Labute approximate surface area is 69.5 Å². The summed E-state index contributed by atoms with van der Waals surface area (Å²) in [6, 6.07) is 0. The van der Waals surface area contributed by atoms with Crippen LogP contribution in [-0.2, 0) is 0 Å². The molecule has 10 heavy (non-hydrogen) atoms. The highest BCUT2D eigenvalue weighted by atomic mass is 33.1. The quantitative estimate of drug-likeness (QED) is 0.490. The Kier molecular flexibility index (Phi) is 8.59. The second-order valence-corrected chi connectivity index (χ2v) is 3.98. The summed E-state index contributed by atoms with van der Waals surface area (Å²) in [6.07, 6.45) is 6.96. The molecule has 0 aromatic carbocycles. The molecule has 0 unspecified atom stereocenters. The minimum absolute atomic E-state index is 0.958. The number of rotatable bonds is 5. The van der Waals surface area contributed by atoms with Crippen LogP contribution in [0.4, 0.5) is 0 Å². The van der Waals surface area contributed by atoms with Gasteiger partial charge in [-0.05, 0) is 12.4 Å². The zero-order valence-electron chi connectivity index (χ0n) is 5.69. The fraction of sp³-hybridized carbons (Fsp3) is 0.333. The van der Waals surface area contributed by atoms with E-state index < -0.39 is 0 Å².